The van der Waals surface area contributed by atoms with Crippen LogP contribution in [-0.2, 0) is 0 Å². The summed E-state index contributed by atoms with van der Waals surface area (Å²) in [4.78, 5) is 9.44. The summed E-state index contributed by atoms with van der Waals surface area (Å²) in [5, 5.41) is 2.36. The molecule has 0 saturated carbocycles. The fourth-order valence-corrected chi connectivity index (χ4v) is 11.6. The van der Waals surface area contributed by atoms with Crippen molar-refractivity contribution in [3.8, 4) is 27.9 Å². The van der Waals surface area contributed by atoms with Gasteiger partial charge in [0.15, 0.2) is 0 Å². The smallest absolute Gasteiger partial charge is 0.0541 e. The van der Waals surface area contributed by atoms with Gasteiger partial charge in [-0.05, 0) is 193 Å². The van der Waals surface area contributed by atoms with Crippen LogP contribution >= 0.6 is 0 Å². The molecule has 0 aliphatic heterocycles. The molecule has 84 heavy (non-hydrogen) atoms. The minimum Gasteiger partial charge on any atom is -0.311 e. The first-order valence-corrected chi connectivity index (χ1v) is 28.9. The van der Waals surface area contributed by atoms with Crippen LogP contribution < -0.4 is 19.6 Å². The van der Waals surface area contributed by atoms with E-state index >= 15 is 0 Å². The lowest BCUT2D eigenvalue weighted by molar-refractivity contribution is 1.15. The Balaban J connectivity index is 1.04. The van der Waals surface area contributed by atoms with Crippen LogP contribution in [0.2, 0.25) is 0 Å². The molecule has 1 aromatic heterocycles. The van der Waals surface area contributed by atoms with Gasteiger partial charge in [0.1, 0.15) is 0 Å². The van der Waals surface area contributed by atoms with E-state index in [0.29, 0.717) is 0 Å². The van der Waals surface area contributed by atoms with Crippen molar-refractivity contribution in [1.82, 2.24) is 4.57 Å². The zero-order valence-corrected chi connectivity index (χ0v) is 47.2. The van der Waals surface area contributed by atoms with E-state index in [-0.39, 0.29) is 0 Å². The molecule has 13 aromatic rings. The summed E-state index contributed by atoms with van der Waals surface area (Å²) < 4.78 is 2.47. The Morgan fingerprint density at radius 3 is 0.976 bits per heavy atom. The summed E-state index contributed by atoms with van der Waals surface area (Å²) in [7, 11) is 0. The molecule has 0 atom stereocenters. The Hall–Kier alpha value is -10.9. The lowest BCUT2D eigenvalue weighted by Crippen LogP contribution is -2.16. The molecule has 0 aliphatic rings. The topological polar surface area (TPSA) is 17.9 Å². The average molecular weight is 1080 g/mol. The van der Waals surface area contributed by atoms with Gasteiger partial charge < -0.3 is 24.2 Å². The molecule has 0 radical (unpaired) electrons. The number of hydrogen-bond acceptors (Lipinski definition) is 4. The van der Waals surface area contributed by atoms with Crippen LogP contribution in [0.25, 0.3) is 49.7 Å². The van der Waals surface area contributed by atoms with Crippen LogP contribution in [-0.4, -0.2) is 4.57 Å². The largest absolute Gasteiger partial charge is 0.311 e. The highest BCUT2D eigenvalue weighted by molar-refractivity contribution is 6.12. The van der Waals surface area contributed by atoms with Crippen molar-refractivity contribution < 1.29 is 0 Å². The second-order valence-corrected chi connectivity index (χ2v) is 20.8. The lowest BCUT2D eigenvalue weighted by Gasteiger charge is -2.31. The van der Waals surface area contributed by atoms with Gasteiger partial charge >= 0.3 is 0 Å². The molecule has 5 heteroatoms. The summed E-state index contributed by atoms with van der Waals surface area (Å²) in [6, 6.07) is 114. The fraction of sp³-hybridized carbons (Fsp3) is 0.0380. The summed E-state index contributed by atoms with van der Waals surface area (Å²) in [6.45, 7) is 4.29. The number of benzene rings is 12. The number of rotatable bonds is 17. The normalized spacial score (nSPS) is 11.5. The van der Waals surface area contributed by atoms with Crippen molar-refractivity contribution in [2.24, 2.45) is 0 Å². The maximum Gasteiger partial charge on any atom is 0.0541 e. The highest BCUT2D eigenvalue weighted by atomic mass is 15.2. The van der Waals surface area contributed by atoms with E-state index in [4.69, 9.17) is 0 Å². The molecule has 404 valence electrons. The van der Waals surface area contributed by atoms with Gasteiger partial charge in [-0.1, -0.05) is 183 Å². The molecule has 0 unspecified atom stereocenters. The maximum atomic E-state index is 2.47. The number of fused-ring (bicyclic) bond motifs is 3. The summed E-state index contributed by atoms with van der Waals surface area (Å²) in [6.07, 6.45) is 7.57. The summed E-state index contributed by atoms with van der Waals surface area (Å²) >= 11 is 0. The SMILES string of the molecule is C/C=C(\C=C/CC)N(c1ccccc1)c1ccc(N(c2ccccc2)c2cc(N(c3ccccc3)c3ccc(N(c4ccccc4)c4ccccc4)cc3)cc(-n3c4ccc(-c5ccccc5)cc4c4cc(-c5ccccc5)ccc43)c2)cc1. The number of anilines is 11. The third-order valence-corrected chi connectivity index (χ3v) is 15.5. The van der Waals surface area contributed by atoms with Gasteiger partial charge in [0.2, 0.25) is 0 Å². The average Bonchev–Trinajstić information content (AvgIpc) is 2.06. The van der Waals surface area contributed by atoms with Gasteiger partial charge in [0.25, 0.3) is 0 Å². The molecular formula is C79H63N5. The molecule has 0 N–H and O–H groups in total. The zero-order valence-electron chi connectivity index (χ0n) is 47.2. The van der Waals surface area contributed by atoms with Crippen LogP contribution in [0, 0.1) is 0 Å². The van der Waals surface area contributed by atoms with Gasteiger partial charge in [-0.3, -0.25) is 0 Å². The van der Waals surface area contributed by atoms with Gasteiger partial charge in [-0.15, -0.1) is 0 Å². The Kier molecular flexibility index (Phi) is 15.0. The molecule has 13 rings (SSSR count). The van der Waals surface area contributed by atoms with Gasteiger partial charge in [-0.2, -0.15) is 0 Å². The second-order valence-electron chi connectivity index (χ2n) is 20.8. The van der Waals surface area contributed by atoms with Crippen molar-refractivity contribution in [2.45, 2.75) is 20.3 Å². The zero-order chi connectivity index (χ0) is 56.6. The van der Waals surface area contributed by atoms with Crippen molar-refractivity contribution in [3.63, 3.8) is 0 Å². The van der Waals surface area contributed by atoms with Crippen molar-refractivity contribution >= 4 is 84.4 Å². The van der Waals surface area contributed by atoms with Gasteiger partial charge in [0, 0.05) is 67.7 Å². The molecule has 0 amide bonds. The van der Waals surface area contributed by atoms with E-state index in [0.717, 1.165) is 91.4 Å². The third kappa shape index (κ3) is 10.7. The molecule has 0 spiro atoms. The first kappa shape index (κ1) is 52.5. The highest BCUT2D eigenvalue weighted by Crippen LogP contribution is 2.46. The van der Waals surface area contributed by atoms with Gasteiger partial charge in [-0.25, -0.2) is 0 Å². The Bertz CT molecular complexity index is 4240. The maximum absolute atomic E-state index is 2.47. The minimum atomic E-state index is 0.943. The molecule has 0 saturated heterocycles. The Morgan fingerprint density at radius 1 is 0.310 bits per heavy atom. The second kappa shape index (κ2) is 24.1. The highest BCUT2D eigenvalue weighted by Gasteiger charge is 2.24. The number of aromatic nitrogens is 1. The number of hydrogen-bond donors (Lipinski definition) is 0. The first-order chi connectivity index (χ1) is 41.6. The van der Waals surface area contributed by atoms with Crippen LogP contribution in [0.15, 0.2) is 339 Å². The van der Waals surface area contributed by atoms with Crippen LogP contribution in [0.4, 0.5) is 62.6 Å². The van der Waals surface area contributed by atoms with Crippen molar-refractivity contribution in [2.75, 3.05) is 19.6 Å². The van der Waals surface area contributed by atoms with E-state index < -0.39 is 0 Å². The van der Waals surface area contributed by atoms with Crippen molar-refractivity contribution in [3.05, 3.63) is 339 Å². The van der Waals surface area contributed by atoms with E-state index in [9.17, 15) is 0 Å². The quantitative estimate of drug-likeness (QED) is 0.0845. The monoisotopic (exact) mass is 1080 g/mol. The number of allylic oxidation sites excluding steroid dienone is 3. The molecule has 1 heterocycles. The Morgan fingerprint density at radius 2 is 0.619 bits per heavy atom. The summed E-state index contributed by atoms with van der Waals surface area (Å²) in [5.41, 5.74) is 20.5. The van der Waals surface area contributed by atoms with E-state index in [2.05, 4.69) is 372 Å². The molecule has 0 bridgehead atoms. The lowest BCUT2D eigenvalue weighted by atomic mass is 10.0. The molecular weight excluding hydrogens is 1020 g/mol. The summed E-state index contributed by atoms with van der Waals surface area (Å²) in [5.74, 6) is 0. The van der Waals surface area contributed by atoms with E-state index in [1.807, 2.05) is 0 Å². The van der Waals surface area contributed by atoms with Crippen molar-refractivity contribution in [1.29, 1.82) is 0 Å². The third-order valence-electron chi connectivity index (χ3n) is 15.5. The molecule has 0 aliphatic carbocycles. The predicted molar refractivity (Wildman–Crippen MR) is 357 cm³/mol. The van der Waals surface area contributed by atoms with E-state index in [1.165, 1.54) is 33.0 Å². The predicted octanol–water partition coefficient (Wildman–Crippen LogP) is 22.5. The first-order valence-electron chi connectivity index (χ1n) is 28.9. The van der Waals surface area contributed by atoms with Crippen LogP contribution in [0.3, 0.4) is 0 Å². The van der Waals surface area contributed by atoms with Crippen LogP contribution in [0.5, 0.6) is 0 Å². The molecule has 0 fully saturated rings. The van der Waals surface area contributed by atoms with Crippen LogP contribution in [0.1, 0.15) is 20.3 Å². The molecule has 12 aromatic carbocycles. The molecule has 5 nitrogen and oxygen atoms in total. The minimum absolute atomic E-state index is 0.943. The van der Waals surface area contributed by atoms with Gasteiger partial charge in [0.05, 0.1) is 28.1 Å². The number of para-hydroxylation sites is 5. The van der Waals surface area contributed by atoms with E-state index in [1.54, 1.807) is 0 Å². The Labute approximate surface area is 493 Å². The fourth-order valence-electron chi connectivity index (χ4n) is 11.6. The standard InChI is InChI=1S/C79H63N5/c1-3-5-31-63(4-2)80(64-32-17-8-18-33-64)69-44-48-71(49-45-69)82(67-38-23-11-24-39-67)73-56-74(83(68-40-25-12-26-41-68)72-50-46-70(47-51-72)81(65-34-19-9-20-35-65)66-36-21-10-22-37-66)58-75(57-73)84-78-52-42-61(59-27-13-6-14-28-59)54-76(78)77-55-62(43-53-79(77)84)60-29-15-7-16-30-60/h4-58H,3H2,1-2H3/b31-5-,63-4+. The number of nitrogens with zero attached hydrogens (tertiary/aromatic N) is 5.